The number of benzene rings is 1. The van der Waals surface area contributed by atoms with Crippen molar-refractivity contribution in [2.45, 2.75) is 96.9 Å². The molecule has 0 spiro atoms. The number of hydrogen-bond acceptors (Lipinski definition) is 8. The lowest BCUT2D eigenvalue weighted by Crippen LogP contribution is -2.45. The van der Waals surface area contributed by atoms with Gasteiger partial charge in [-0.25, -0.2) is 4.98 Å². The van der Waals surface area contributed by atoms with Gasteiger partial charge in [-0.15, -0.1) is 11.3 Å². The maximum Gasteiger partial charge on any atom is 0.306 e. The Morgan fingerprint density at radius 3 is 2.40 bits per heavy atom. The van der Waals surface area contributed by atoms with Crippen molar-refractivity contribution in [2.75, 3.05) is 20.6 Å². The molecular weight excluding hydrogens is 592 g/mol. The third-order valence-corrected chi connectivity index (χ3v) is 9.97. The van der Waals surface area contributed by atoms with Crippen LogP contribution in [0.5, 0.6) is 0 Å². The number of carboxylic acid groups (broad SMARTS) is 1. The summed E-state index contributed by atoms with van der Waals surface area (Å²) < 4.78 is 0. The smallest absolute Gasteiger partial charge is 0.306 e. The van der Waals surface area contributed by atoms with Gasteiger partial charge < -0.3 is 20.4 Å². The van der Waals surface area contributed by atoms with E-state index in [1.54, 1.807) is 24.3 Å². The van der Waals surface area contributed by atoms with Crippen LogP contribution in [0.4, 0.5) is 0 Å². The van der Waals surface area contributed by atoms with Crippen molar-refractivity contribution in [3.63, 3.8) is 0 Å². The predicted octanol–water partition coefficient (Wildman–Crippen LogP) is 4.58. The van der Waals surface area contributed by atoms with Crippen LogP contribution in [0.15, 0.2) is 35.7 Å². The van der Waals surface area contributed by atoms with Crippen LogP contribution in [-0.4, -0.2) is 87.3 Å². The van der Waals surface area contributed by atoms with Gasteiger partial charge in [-0.3, -0.25) is 24.1 Å². The number of nitrogens with zero attached hydrogens (tertiary/aromatic N) is 3. The zero-order valence-electron chi connectivity index (χ0n) is 27.4. The van der Waals surface area contributed by atoms with Crippen molar-refractivity contribution in [1.29, 1.82) is 0 Å². The van der Waals surface area contributed by atoms with E-state index in [9.17, 15) is 29.4 Å². The fraction of sp³-hybridized carbons (Fsp3) is 0.618. The number of rotatable bonds is 17. The van der Waals surface area contributed by atoms with Crippen molar-refractivity contribution in [2.24, 2.45) is 17.8 Å². The van der Waals surface area contributed by atoms with Gasteiger partial charge in [0.15, 0.2) is 5.78 Å². The molecule has 3 N–H and O–H groups in total. The first-order valence-electron chi connectivity index (χ1n) is 16.0. The number of aliphatic hydroxyl groups excluding tert-OH is 1. The minimum absolute atomic E-state index is 0.0282. The van der Waals surface area contributed by atoms with Crippen molar-refractivity contribution in [3.05, 3.63) is 52.0 Å². The average molecular weight is 643 g/mol. The van der Waals surface area contributed by atoms with E-state index in [2.05, 4.69) is 15.2 Å². The molecule has 1 saturated heterocycles. The van der Waals surface area contributed by atoms with E-state index in [1.807, 2.05) is 58.2 Å². The highest BCUT2D eigenvalue weighted by Gasteiger charge is 2.35. The molecule has 6 atom stereocenters. The number of carbonyl (C=O) groups is 4. The molecule has 1 aliphatic rings. The Hall–Kier alpha value is -3.15. The Morgan fingerprint density at radius 2 is 1.82 bits per heavy atom. The van der Waals surface area contributed by atoms with Crippen LogP contribution < -0.4 is 5.32 Å². The van der Waals surface area contributed by atoms with E-state index in [-0.39, 0.29) is 54.6 Å². The van der Waals surface area contributed by atoms with Crippen molar-refractivity contribution < 1.29 is 29.4 Å². The molecular formula is C34H50N4O6S. The lowest BCUT2D eigenvalue weighted by atomic mass is 9.91. The number of aliphatic hydroxyl groups is 1. The van der Waals surface area contributed by atoms with Gasteiger partial charge in [-0.1, -0.05) is 58.0 Å². The monoisotopic (exact) mass is 642 g/mol. The van der Waals surface area contributed by atoms with Gasteiger partial charge in [0.2, 0.25) is 5.91 Å². The minimum Gasteiger partial charge on any atom is -0.481 e. The number of aromatic nitrogens is 1. The number of likely N-dealkylation sites (N-methyl/N-ethyl adjacent to an activating group) is 1. The van der Waals surface area contributed by atoms with Crippen LogP contribution in [0.25, 0.3) is 0 Å². The summed E-state index contributed by atoms with van der Waals surface area (Å²) in [5, 5.41) is 25.5. The van der Waals surface area contributed by atoms with Crippen LogP contribution in [-0.2, 0) is 20.8 Å². The molecule has 0 radical (unpaired) electrons. The fourth-order valence-electron chi connectivity index (χ4n) is 6.18. The number of thiazole rings is 1. The van der Waals surface area contributed by atoms with Crippen LogP contribution in [0.3, 0.4) is 0 Å². The predicted molar refractivity (Wildman–Crippen MR) is 175 cm³/mol. The summed E-state index contributed by atoms with van der Waals surface area (Å²) in [6.45, 7) is 8.42. The average Bonchev–Trinajstić information content (AvgIpc) is 3.68. The van der Waals surface area contributed by atoms with E-state index >= 15 is 0 Å². The molecule has 1 aromatic carbocycles. The molecule has 0 saturated carbocycles. The summed E-state index contributed by atoms with van der Waals surface area (Å²) in [4.78, 5) is 59.5. The molecule has 11 heteroatoms. The Labute approximate surface area is 271 Å². The molecule has 10 nitrogen and oxygen atoms in total. The second-order valence-corrected chi connectivity index (χ2v) is 13.7. The highest BCUT2D eigenvalue weighted by atomic mass is 32.1. The van der Waals surface area contributed by atoms with E-state index in [0.29, 0.717) is 17.8 Å². The molecule has 2 aromatic rings. The second-order valence-electron chi connectivity index (χ2n) is 12.8. The highest BCUT2D eigenvalue weighted by molar-refractivity contribution is 7.09. The summed E-state index contributed by atoms with van der Waals surface area (Å²) in [6, 6.07) is 8.72. The second kappa shape index (κ2) is 17.0. The Balaban J connectivity index is 1.66. The topological polar surface area (TPSA) is 140 Å². The van der Waals surface area contributed by atoms with E-state index in [1.165, 1.54) is 11.3 Å². The lowest BCUT2D eigenvalue weighted by molar-refractivity contribution is -0.141. The van der Waals surface area contributed by atoms with E-state index < -0.39 is 35.9 Å². The molecule has 3 rings (SSSR count). The summed E-state index contributed by atoms with van der Waals surface area (Å²) in [7, 11) is 3.69. The normalized spacial score (nSPS) is 18.6. The maximum atomic E-state index is 13.6. The van der Waals surface area contributed by atoms with Crippen LogP contribution in [0, 0.1) is 17.8 Å². The van der Waals surface area contributed by atoms with Gasteiger partial charge in [0, 0.05) is 43.3 Å². The highest BCUT2D eigenvalue weighted by Crippen LogP contribution is 2.29. The van der Waals surface area contributed by atoms with Gasteiger partial charge in [0.1, 0.15) is 16.8 Å². The SMILES string of the molecule is CC[C@H](CC(=O)[C@H]1CCCN1C)C(=O)N(C)[C@H](C[C@@H](O)c1nc(C(=O)N[C@@H](Cc2ccccc2)C[C@H](C)C(=O)O)cs1)C(C)C. The molecule has 2 amide bonds. The number of likely N-dealkylation sites (tertiary alicyclic amines) is 1. The van der Waals surface area contributed by atoms with Crippen LogP contribution in [0.2, 0.25) is 0 Å². The van der Waals surface area contributed by atoms with E-state index in [4.69, 9.17) is 0 Å². The third kappa shape index (κ3) is 10.2. The first-order chi connectivity index (χ1) is 21.3. The summed E-state index contributed by atoms with van der Waals surface area (Å²) >= 11 is 1.17. The Morgan fingerprint density at radius 1 is 1.13 bits per heavy atom. The van der Waals surface area contributed by atoms with Crippen LogP contribution >= 0.6 is 11.3 Å². The molecule has 248 valence electrons. The number of Topliss-reactive ketones (excluding diaryl/α,β-unsaturated/α-hetero) is 1. The standard InChI is InChI=1S/C34H50N4O6S/c1-7-24(18-29(39)27-14-11-15-37(27)5)33(42)38(6)28(21(2)3)19-30(40)32-36-26(20-45-32)31(41)35-25(16-22(4)34(43)44)17-23-12-9-8-10-13-23/h8-10,12-13,20-22,24-25,27-28,30,40H,7,11,14-19H2,1-6H3,(H,35,41)(H,43,44)/t22-,24+,25+,27+,28+,30+/m0/s1. The molecule has 2 heterocycles. The number of aliphatic carboxylic acids is 1. The molecule has 45 heavy (non-hydrogen) atoms. The number of carbonyl (C=O) groups excluding carboxylic acids is 3. The van der Waals surface area contributed by atoms with Crippen molar-refractivity contribution >= 4 is 34.9 Å². The molecule has 0 aliphatic carbocycles. The van der Waals surface area contributed by atoms with Gasteiger partial charge >= 0.3 is 5.97 Å². The number of hydrogen-bond donors (Lipinski definition) is 3. The summed E-state index contributed by atoms with van der Waals surface area (Å²) in [6.07, 6.45) is 2.55. The number of ketones is 1. The molecule has 0 bridgehead atoms. The van der Waals surface area contributed by atoms with Gasteiger partial charge in [-0.2, -0.15) is 0 Å². The maximum absolute atomic E-state index is 13.6. The van der Waals surface area contributed by atoms with Gasteiger partial charge in [-0.05, 0) is 57.2 Å². The van der Waals surface area contributed by atoms with Crippen molar-refractivity contribution in [1.82, 2.24) is 20.1 Å². The van der Waals surface area contributed by atoms with Crippen LogP contribution in [0.1, 0.15) is 93.4 Å². The molecule has 1 aliphatic heterocycles. The quantitative estimate of drug-likeness (QED) is 0.228. The largest absolute Gasteiger partial charge is 0.481 e. The number of amides is 2. The molecule has 1 fully saturated rings. The summed E-state index contributed by atoms with van der Waals surface area (Å²) in [5.41, 5.74) is 1.13. The lowest BCUT2D eigenvalue weighted by Gasteiger charge is -2.35. The first kappa shape index (κ1) is 36.3. The van der Waals surface area contributed by atoms with Gasteiger partial charge in [0.05, 0.1) is 12.0 Å². The summed E-state index contributed by atoms with van der Waals surface area (Å²) in [5.74, 6) is -2.38. The third-order valence-electron chi connectivity index (χ3n) is 9.02. The van der Waals surface area contributed by atoms with Gasteiger partial charge in [0.25, 0.3) is 5.91 Å². The zero-order chi connectivity index (χ0) is 33.3. The minimum atomic E-state index is -1.000. The number of nitrogens with one attached hydrogen (secondary N) is 1. The molecule has 1 aromatic heterocycles. The number of carboxylic acids is 1. The fourth-order valence-corrected chi connectivity index (χ4v) is 6.98. The Kier molecular flexibility index (Phi) is 13.7. The Bertz CT molecular complexity index is 1280. The first-order valence-corrected chi connectivity index (χ1v) is 16.9. The van der Waals surface area contributed by atoms with E-state index in [0.717, 1.165) is 24.9 Å². The van der Waals surface area contributed by atoms with Crippen molar-refractivity contribution in [3.8, 4) is 0 Å². The molecule has 0 unspecified atom stereocenters. The zero-order valence-corrected chi connectivity index (χ0v) is 28.3.